The SMILES string of the molecule is COc1ccc([C@@H](CCO)NC(=O)OC(C)(C)C)cc1. The van der Waals surface area contributed by atoms with Crippen molar-refractivity contribution in [1.29, 1.82) is 0 Å². The van der Waals surface area contributed by atoms with Gasteiger partial charge in [0.1, 0.15) is 11.4 Å². The molecule has 0 saturated carbocycles. The first kappa shape index (κ1) is 16.3. The fourth-order valence-electron chi connectivity index (χ4n) is 1.74. The molecule has 0 spiro atoms. The Bertz CT molecular complexity index is 422. The van der Waals surface area contributed by atoms with E-state index in [1.807, 2.05) is 24.3 Å². The van der Waals surface area contributed by atoms with E-state index in [1.54, 1.807) is 27.9 Å². The monoisotopic (exact) mass is 281 g/mol. The van der Waals surface area contributed by atoms with Gasteiger partial charge in [-0.1, -0.05) is 12.1 Å². The van der Waals surface area contributed by atoms with Crippen LogP contribution in [0.15, 0.2) is 24.3 Å². The highest BCUT2D eigenvalue weighted by Crippen LogP contribution is 2.20. The topological polar surface area (TPSA) is 67.8 Å². The molecular formula is C15H23NO4. The zero-order valence-electron chi connectivity index (χ0n) is 12.5. The highest BCUT2D eigenvalue weighted by Gasteiger charge is 2.20. The van der Waals surface area contributed by atoms with Gasteiger partial charge < -0.3 is 19.9 Å². The fourth-order valence-corrected chi connectivity index (χ4v) is 1.74. The van der Waals surface area contributed by atoms with Crippen molar-refractivity contribution < 1.29 is 19.4 Å². The van der Waals surface area contributed by atoms with Crippen molar-refractivity contribution in [3.8, 4) is 5.75 Å². The number of methoxy groups -OCH3 is 1. The van der Waals surface area contributed by atoms with Gasteiger partial charge in [0, 0.05) is 6.61 Å². The van der Waals surface area contributed by atoms with Crippen LogP contribution in [0, 0.1) is 0 Å². The molecule has 0 unspecified atom stereocenters. The molecule has 1 aromatic rings. The van der Waals surface area contributed by atoms with Crippen LogP contribution in [0.5, 0.6) is 5.75 Å². The van der Waals surface area contributed by atoms with Crippen molar-refractivity contribution in [3.05, 3.63) is 29.8 Å². The molecule has 1 rings (SSSR count). The molecule has 0 aliphatic heterocycles. The predicted molar refractivity (Wildman–Crippen MR) is 76.8 cm³/mol. The van der Waals surface area contributed by atoms with E-state index in [2.05, 4.69) is 5.32 Å². The van der Waals surface area contributed by atoms with E-state index in [0.29, 0.717) is 6.42 Å². The number of carbonyl (C=O) groups excluding carboxylic acids is 1. The minimum atomic E-state index is -0.548. The lowest BCUT2D eigenvalue weighted by molar-refractivity contribution is 0.0496. The Morgan fingerprint density at radius 1 is 1.30 bits per heavy atom. The van der Waals surface area contributed by atoms with E-state index >= 15 is 0 Å². The Morgan fingerprint density at radius 3 is 2.35 bits per heavy atom. The van der Waals surface area contributed by atoms with Crippen molar-refractivity contribution in [1.82, 2.24) is 5.32 Å². The van der Waals surface area contributed by atoms with Crippen molar-refractivity contribution in [2.24, 2.45) is 0 Å². The van der Waals surface area contributed by atoms with Gasteiger partial charge in [0.05, 0.1) is 13.2 Å². The van der Waals surface area contributed by atoms with Gasteiger partial charge in [-0.15, -0.1) is 0 Å². The molecule has 112 valence electrons. The smallest absolute Gasteiger partial charge is 0.408 e. The largest absolute Gasteiger partial charge is 0.497 e. The molecular weight excluding hydrogens is 258 g/mol. The number of ether oxygens (including phenoxy) is 2. The average Bonchev–Trinajstić information content (AvgIpc) is 2.36. The van der Waals surface area contributed by atoms with Gasteiger partial charge in [0.15, 0.2) is 0 Å². The number of hydrogen-bond donors (Lipinski definition) is 2. The summed E-state index contributed by atoms with van der Waals surface area (Å²) in [7, 11) is 1.60. The first-order valence-corrected chi connectivity index (χ1v) is 6.60. The van der Waals surface area contributed by atoms with Crippen LogP contribution in [0.1, 0.15) is 38.8 Å². The number of hydrogen-bond acceptors (Lipinski definition) is 4. The molecule has 1 atom stereocenters. The van der Waals surface area contributed by atoms with E-state index < -0.39 is 11.7 Å². The maximum atomic E-state index is 11.8. The second-order valence-corrected chi connectivity index (χ2v) is 5.48. The van der Waals surface area contributed by atoms with Crippen molar-refractivity contribution in [3.63, 3.8) is 0 Å². The number of aliphatic hydroxyl groups is 1. The lowest BCUT2D eigenvalue weighted by Crippen LogP contribution is -2.35. The minimum absolute atomic E-state index is 0.0213. The van der Waals surface area contributed by atoms with Gasteiger partial charge in [-0.3, -0.25) is 0 Å². The van der Waals surface area contributed by atoms with Crippen LogP contribution in [0.3, 0.4) is 0 Å². The van der Waals surface area contributed by atoms with Gasteiger partial charge in [-0.2, -0.15) is 0 Å². The second-order valence-electron chi connectivity index (χ2n) is 5.48. The third kappa shape index (κ3) is 5.48. The fraction of sp³-hybridized carbons (Fsp3) is 0.533. The molecule has 20 heavy (non-hydrogen) atoms. The standard InChI is InChI=1S/C15H23NO4/c1-15(2,3)20-14(18)16-13(9-10-17)11-5-7-12(19-4)8-6-11/h5-8,13,17H,9-10H2,1-4H3,(H,16,18)/t13-/m1/s1. The summed E-state index contributed by atoms with van der Waals surface area (Å²) >= 11 is 0. The number of rotatable bonds is 5. The normalized spacial score (nSPS) is 12.7. The van der Waals surface area contributed by atoms with E-state index in [9.17, 15) is 4.79 Å². The molecule has 0 heterocycles. The first-order chi connectivity index (χ1) is 9.35. The molecule has 5 heteroatoms. The summed E-state index contributed by atoms with van der Waals surface area (Å²) in [6, 6.07) is 7.06. The van der Waals surface area contributed by atoms with Crippen LogP contribution in [0.4, 0.5) is 4.79 Å². The van der Waals surface area contributed by atoms with Crippen LogP contribution < -0.4 is 10.1 Å². The third-order valence-electron chi connectivity index (χ3n) is 2.63. The van der Waals surface area contributed by atoms with Crippen LogP contribution >= 0.6 is 0 Å². The summed E-state index contributed by atoms with van der Waals surface area (Å²) in [5.74, 6) is 0.744. The lowest BCUT2D eigenvalue weighted by Gasteiger charge is -2.23. The first-order valence-electron chi connectivity index (χ1n) is 6.60. The Morgan fingerprint density at radius 2 is 1.90 bits per heavy atom. The highest BCUT2D eigenvalue weighted by atomic mass is 16.6. The van der Waals surface area contributed by atoms with E-state index in [0.717, 1.165) is 11.3 Å². The number of nitrogens with one attached hydrogen (secondary N) is 1. The molecule has 0 saturated heterocycles. The van der Waals surface area contributed by atoms with E-state index in [1.165, 1.54) is 0 Å². The molecule has 0 radical (unpaired) electrons. The van der Waals surface area contributed by atoms with Crippen molar-refractivity contribution >= 4 is 6.09 Å². The van der Waals surface area contributed by atoms with E-state index in [-0.39, 0.29) is 12.6 Å². The van der Waals surface area contributed by atoms with Crippen molar-refractivity contribution in [2.45, 2.75) is 38.8 Å². The van der Waals surface area contributed by atoms with Crippen molar-refractivity contribution in [2.75, 3.05) is 13.7 Å². The molecule has 5 nitrogen and oxygen atoms in total. The highest BCUT2D eigenvalue weighted by molar-refractivity contribution is 5.68. The predicted octanol–water partition coefficient (Wildman–Crippen LogP) is 2.64. The molecule has 0 aliphatic rings. The van der Waals surface area contributed by atoms with Gasteiger partial charge in [0.2, 0.25) is 0 Å². The van der Waals surface area contributed by atoms with Gasteiger partial charge in [-0.05, 0) is 44.9 Å². The molecule has 1 aromatic carbocycles. The molecule has 1 amide bonds. The number of carbonyl (C=O) groups is 1. The summed E-state index contributed by atoms with van der Waals surface area (Å²) < 4.78 is 10.3. The summed E-state index contributed by atoms with van der Waals surface area (Å²) in [6.07, 6.45) is -0.0715. The molecule has 0 aliphatic carbocycles. The Labute approximate surface area is 119 Å². The molecule has 0 aromatic heterocycles. The average molecular weight is 281 g/mol. The maximum absolute atomic E-state index is 11.8. The van der Waals surface area contributed by atoms with Crippen LogP contribution in [0.25, 0.3) is 0 Å². The number of aliphatic hydroxyl groups excluding tert-OH is 1. The zero-order valence-corrected chi connectivity index (χ0v) is 12.5. The van der Waals surface area contributed by atoms with Gasteiger partial charge in [0.25, 0.3) is 0 Å². The van der Waals surface area contributed by atoms with Gasteiger partial charge in [-0.25, -0.2) is 4.79 Å². The molecule has 0 fully saturated rings. The van der Waals surface area contributed by atoms with Crippen LogP contribution in [-0.4, -0.2) is 30.5 Å². The number of alkyl carbamates (subject to hydrolysis) is 1. The summed E-state index contributed by atoms with van der Waals surface area (Å²) in [6.45, 7) is 5.40. The molecule has 2 N–H and O–H groups in total. The third-order valence-corrected chi connectivity index (χ3v) is 2.63. The Hall–Kier alpha value is -1.75. The summed E-state index contributed by atoms with van der Waals surface area (Å²) in [5, 5.41) is 11.9. The number of amides is 1. The van der Waals surface area contributed by atoms with Gasteiger partial charge >= 0.3 is 6.09 Å². The Balaban J connectivity index is 2.74. The summed E-state index contributed by atoms with van der Waals surface area (Å²) in [4.78, 5) is 11.8. The number of benzene rings is 1. The zero-order chi connectivity index (χ0) is 15.2. The van der Waals surface area contributed by atoms with E-state index in [4.69, 9.17) is 14.6 Å². The minimum Gasteiger partial charge on any atom is -0.497 e. The van der Waals surface area contributed by atoms with Crippen LogP contribution in [-0.2, 0) is 4.74 Å². The lowest BCUT2D eigenvalue weighted by atomic mass is 10.0. The molecule has 0 bridgehead atoms. The second kappa shape index (κ2) is 7.14. The van der Waals surface area contributed by atoms with Crippen LogP contribution in [0.2, 0.25) is 0 Å². The maximum Gasteiger partial charge on any atom is 0.408 e. The quantitative estimate of drug-likeness (QED) is 0.870. The Kier molecular flexibility index (Phi) is 5.82. The summed E-state index contributed by atoms with van der Waals surface area (Å²) in [5.41, 5.74) is 0.346.